The number of nitrogens with zero attached hydrogens (tertiary/aromatic N) is 1. The van der Waals surface area contributed by atoms with E-state index in [-0.39, 0.29) is 11.4 Å². The zero-order valence-corrected chi connectivity index (χ0v) is 11.7. The van der Waals surface area contributed by atoms with Crippen molar-refractivity contribution in [1.82, 2.24) is 0 Å². The van der Waals surface area contributed by atoms with Crippen LogP contribution in [0.2, 0.25) is 0 Å². The van der Waals surface area contributed by atoms with Crippen LogP contribution >= 0.6 is 0 Å². The molecule has 2 N–H and O–H groups in total. The van der Waals surface area contributed by atoms with Crippen LogP contribution in [0.1, 0.15) is 24.1 Å². The van der Waals surface area contributed by atoms with E-state index in [1.807, 2.05) is 0 Å². The molecule has 0 spiro atoms. The van der Waals surface area contributed by atoms with Gasteiger partial charge in [0.25, 0.3) is 5.69 Å². The lowest BCUT2D eigenvalue weighted by atomic mass is 10.1. The summed E-state index contributed by atoms with van der Waals surface area (Å²) in [5.41, 5.74) is 6.76. The minimum absolute atomic E-state index is 0.0108. The van der Waals surface area contributed by atoms with E-state index in [1.165, 1.54) is 24.3 Å². The Morgan fingerprint density at radius 3 is 2.62 bits per heavy atom. The highest BCUT2D eigenvalue weighted by Crippen LogP contribution is 2.33. The molecule has 0 aromatic heterocycles. The molecule has 2 aromatic rings. The fourth-order valence-electron chi connectivity index (χ4n) is 2.01. The lowest BCUT2D eigenvalue weighted by molar-refractivity contribution is -0.385. The molecule has 2 aromatic carbocycles. The third-order valence-corrected chi connectivity index (χ3v) is 3.07. The summed E-state index contributed by atoms with van der Waals surface area (Å²) in [7, 11) is 0. The van der Waals surface area contributed by atoms with Crippen molar-refractivity contribution in [3.8, 4) is 11.5 Å². The lowest BCUT2D eigenvalue weighted by Crippen LogP contribution is -2.07. The van der Waals surface area contributed by atoms with Crippen LogP contribution in [0.4, 0.5) is 10.1 Å². The second kappa shape index (κ2) is 5.88. The van der Waals surface area contributed by atoms with Gasteiger partial charge in [-0.2, -0.15) is 0 Å². The van der Waals surface area contributed by atoms with Crippen molar-refractivity contribution in [3.05, 3.63) is 63.5 Å². The second-order valence-electron chi connectivity index (χ2n) is 4.75. The molecule has 110 valence electrons. The van der Waals surface area contributed by atoms with Gasteiger partial charge in [0.2, 0.25) is 0 Å². The van der Waals surface area contributed by atoms with Crippen molar-refractivity contribution in [3.63, 3.8) is 0 Å². The number of nitro benzene ring substituents is 1. The summed E-state index contributed by atoms with van der Waals surface area (Å²) in [6.45, 7) is 3.32. The predicted octanol–water partition coefficient (Wildman–Crippen LogP) is 3.85. The lowest BCUT2D eigenvalue weighted by Gasteiger charge is -2.14. The number of para-hydroxylation sites is 1. The molecule has 6 heteroatoms. The molecule has 0 amide bonds. The zero-order valence-electron chi connectivity index (χ0n) is 11.7. The van der Waals surface area contributed by atoms with Crippen molar-refractivity contribution in [2.45, 2.75) is 19.9 Å². The highest BCUT2D eigenvalue weighted by atomic mass is 19.1. The molecule has 0 aliphatic rings. The number of halogens is 1. The van der Waals surface area contributed by atoms with Crippen molar-refractivity contribution in [2.75, 3.05) is 0 Å². The molecule has 5 nitrogen and oxygen atoms in total. The van der Waals surface area contributed by atoms with Gasteiger partial charge in [-0.15, -0.1) is 0 Å². The van der Waals surface area contributed by atoms with Gasteiger partial charge in [0, 0.05) is 23.2 Å². The molecule has 0 aliphatic heterocycles. The van der Waals surface area contributed by atoms with E-state index in [1.54, 1.807) is 26.0 Å². The summed E-state index contributed by atoms with van der Waals surface area (Å²) in [4.78, 5) is 10.3. The Morgan fingerprint density at radius 1 is 1.33 bits per heavy atom. The van der Waals surface area contributed by atoms with Gasteiger partial charge in [0.05, 0.1) is 4.92 Å². The molecular formula is C15H15FN2O3. The van der Waals surface area contributed by atoms with E-state index in [9.17, 15) is 14.5 Å². The highest BCUT2D eigenvalue weighted by Gasteiger charge is 2.16. The second-order valence-corrected chi connectivity index (χ2v) is 4.75. The molecule has 1 atom stereocenters. The highest BCUT2D eigenvalue weighted by molar-refractivity contribution is 5.47. The van der Waals surface area contributed by atoms with E-state index in [0.29, 0.717) is 16.9 Å². The summed E-state index contributed by atoms with van der Waals surface area (Å²) < 4.78 is 19.5. The number of hydrogen-bond donors (Lipinski definition) is 1. The Morgan fingerprint density at radius 2 is 2.05 bits per heavy atom. The standard InChI is InChI=1S/C15H15FN2O3/c1-9-8-11(6-7-14(9)18(19)20)21-15-12(10(2)17)4-3-5-13(15)16/h3-8,10H,17H2,1-2H3. The molecule has 0 fully saturated rings. The summed E-state index contributed by atoms with van der Waals surface area (Å²) in [6, 6.07) is 8.38. The normalized spacial score (nSPS) is 12.0. The smallest absolute Gasteiger partial charge is 0.272 e. The largest absolute Gasteiger partial charge is 0.454 e. The molecular weight excluding hydrogens is 275 g/mol. The zero-order chi connectivity index (χ0) is 15.6. The first-order valence-electron chi connectivity index (χ1n) is 6.37. The summed E-state index contributed by atoms with van der Waals surface area (Å²) in [5, 5.41) is 10.8. The van der Waals surface area contributed by atoms with E-state index in [0.717, 1.165) is 0 Å². The van der Waals surface area contributed by atoms with Crippen LogP contribution in [0.15, 0.2) is 36.4 Å². The molecule has 1 unspecified atom stereocenters. The monoisotopic (exact) mass is 290 g/mol. The van der Waals surface area contributed by atoms with Crippen LogP contribution in [0.3, 0.4) is 0 Å². The number of nitrogens with two attached hydrogens (primary N) is 1. The van der Waals surface area contributed by atoms with Crippen LogP contribution in [0, 0.1) is 22.9 Å². The molecule has 0 saturated carbocycles. The first-order valence-corrected chi connectivity index (χ1v) is 6.37. The summed E-state index contributed by atoms with van der Waals surface area (Å²) in [6.07, 6.45) is 0. The number of nitro groups is 1. The van der Waals surface area contributed by atoms with Crippen LogP contribution in [-0.4, -0.2) is 4.92 Å². The quantitative estimate of drug-likeness (QED) is 0.685. The van der Waals surface area contributed by atoms with Crippen molar-refractivity contribution in [1.29, 1.82) is 0 Å². The predicted molar refractivity (Wildman–Crippen MR) is 76.9 cm³/mol. The SMILES string of the molecule is Cc1cc(Oc2c(F)cccc2C(C)N)ccc1[N+](=O)[O-]. The maximum absolute atomic E-state index is 13.9. The number of hydrogen-bond acceptors (Lipinski definition) is 4. The molecule has 0 heterocycles. The first kappa shape index (κ1) is 14.9. The van der Waals surface area contributed by atoms with Gasteiger partial charge in [-0.05, 0) is 32.0 Å². The van der Waals surface area contributed by atoms with E-state index in [2.05, 4.69) is 0 Å². The number of rotatable bonds is 4. The number of benzene rings is 2. The van der Waals surface area contributed by atoms with Gasteiger partial charge in [-0.3, -0.25) is 10.1 Å². The molecule has 21 heavy (non-hydrogen) atoms. The van der Waals surface area contributed by atoms with Crippen LogP contribution in [0.25, 0.3) is 0 Å². The average molecular weight is 290 g/mol. The molecule has 0 saturated heterocycles. The Balaban J connectivity index is 2.39. The van der Waals surface area contributed by atoms with Crippen molar-refractivity contribution in [2.24, 2.45) is 5.73 Å². The van der Waals surface area contributed by atoms with Crippen molar-refractivity contribution < 1.29 is 14.1 Å². The Kier molecular flexibility index (Phi) is 4.18. The topological polar surface area (TPSA) is 78.4 Å². The minimum Gasteiger partial charge on any atom is -0.454 e. The molecule has 0 aliphatic carbocycles. The maximum atomic E-state index is 13.9. The third-order valence-electron chi connectivity index (χ3n) is 3.07. The van der Waals surface area contributed by atoms with Gasteiger partial charge in [0.15, 0.2) is 11.6 Å². The van der Waals surface area contributed by atoms with E-state index in [4.69, 9.17) is 10.5 Å². The van der Waals surface area contributed by atoms with Crippen LogP contribution in [-0.2, 0) is 0 Å². The van der Waals surface area contributed by atoms with Gasteiger partial charge in [-0.25, -0.2) is 4.39 Å². The Bertz CT molecular complexity index is 687. The minimum atomic E-state index is -0.527. The van der Waals surface area contributed by atoms with E-state index >= 15 is 0 Å². The van der Waals surface area contributed by atoms with Gasteiger partial charge in [-0.1, -0.05) is 12.1 Å². The molecule has 0 radical (unpaired) electrons. The first-order chi connectivity index (χ1) is 9.90. The fraction of sp³-hybridized carbons (Fsp3) is 0.200. The van der Waals surface area contributed by atoms with Gasteiger partial charge in [0.1, 0.15) is 5.75 Å². The number of aryl methyl sites for hydroxylation is 1. The Labute approximate surface area is 121 Å². The fourth-order valence-corrected chi connectivity index (χ4v) is 2.01. The number of ether oxygens (including phenoxy) is 1. The van der Waals surface area contributed by atoms with Gasteiger partial charge < -0.3 is 10.5 Å². The van der Waals surface area contributed by atoms with Gasteiger partial charge >= 0.3 is 0 Å². The summed E-state index contributed by atoms with van der Waals surface area (Å²) in [5.74, 6) is -0.161. The Hall–Kier alpha value is -2.47. The molecule has 2 rings (SSSR count). The van der Waals surface area contributed by atoms with E-state index < -0.39 is 16.8 Å². The molecule has 0 bridgehead atoms. The van der Waals surface area contributed by atoms with Crippen LogP contribution in [0.5, 0.6) is 11.5 Å². The van der Waals surface area contributed by atoms with Crippen LogP contribution < -0.4 is 10.5 Å². The summed E-state index contributed by atoms with van der Waals surface area (Å²) >= 11 is 0. The third kappa shape index (κ3) is 3.17. The van der Waals surface area contributed by atoms with Crippen molar-refractivity contribution >= 4 is 5.69 Å². The maximum Gasteiger partial charge on any atom is 0.272 e. The average Bonchev–Trinajstić information content (AvgIpc) is 2.40.